The van der Waals surface area contributed by atoms with Crippen molar-refractivity contribution in [2.45, 2.75) is 19.4 Å². The largest absolute Gasteiger partial charge is 0.492 e. The number of para-hydroxylation sites is 1. The third-order valence-electron chi connectivity index (χ3n) is 4.28. The van der Waals surface area contributed by atoms with Crippen LogP contribution in [0.5, 0.6) is 5.75 Å². The summed E-state index contributed by atoms with van der Waals surface area (Å²) in [6.07, 6.45) is 0.772. The smallest absolute Gasteiger partial charge is 0.224 e. The van der Waals surface area contributed by atoms with Crippen molar-refractivity contribution in [2.75, 3.05) is 13.2 Å². The molecule has 0 radical (unpaired) electrons. The van der Waals surface area contributed by atoms with Crippen LogP contribution >= 0.6 is 12.4 Å². The molecule has 3 rings (SSSR count). The van der Waals surface area contributed by atoms with Gasteiger partial charge in [-0.25, -0.2) is 0 Å². The van der Waals surface area contributed by atoms with E-state index in [1.165, 1.54) is 0 Å². The maximum Gasteiger partial charge on any atom is 0.224 e. The van der Waals surface area contributed by atoms with Crippen molar-refractivity contribution >= 4 is 18.3 Å². The van der Waals surface area contributed by atoms with Crippen LogP contribution in [0.2, 0.25) is 0 Å². The minimum absolute atomic E-state index is 0. The molecule has 1 aliphatic heterocycles. The van der Waals surface area contributed by atoms with Gasteiger partial charge in [-0.2, -0.15) is 0 Å². The predicted molar refractivity (Wildman–Crippen MR) is 98.3 cm³/mol. The zero-order chi connectivity index (χ0) is 16.2. The molecule has 0 saturated carbocycles. The van der Waals surface area contributed by atoms with Crippen molar-refractivity contribution in [1.82, 2.24) is 5.32 Å². The van der Waals surface area contributed by atoms with Gasteiger partial charge in [0.1, 0.15) is 5.75 Å². The van der Waals surface area contributed by atoms with Gasteiger partial charge in [-0.15, -0.1) is 12.4 Å². The SMILES string of the molecule is CC(CN)C(=O)NC1CCOc2c(-c3ccccc3)cccc21.Cl. The van der Waals surface area contributed by atoms with Crippen LogP contribution in [-0.4, -0.2) is 19.1 Å². The fourth-order valence-electron chi connectivity index (χ4n) is 2.84. The molecule has 0 saturated heterocycles. The molecular weight excluding hydrogens is 324 g/mol. The van der Waals surface area contributed by atoms with E-state index in [0.29, 0.717) is 13.2 Å². The molecule has 0 bridgehead atoms. The fraction of sp³-hybridized carbons (Fsp3) is 0.316. The first-order valence-corrected chi connectivity index (χ1v) is 8.02. The van der Waals surface area contributed by atoms with E-state index < -0.39 is 0 Å². The Balaban J connectivity index is 0.00000208. The van der Waals surface area contributed by atoms with E-state index in [0.717, 1.165) is 28.9 Å². The lowest BCUT2D eigenvalue weighted by Crippen LogP contribution is -2.37. The summed E-state index contributed by atoms with van der Waals surface area (Å²) >= 11 is 0. The molecule has 5 heteroatoms. The molecule has 4 nitrogen and oxygen atoms in total. The normalized spacial score (nSPS) is 17.0. The molecule has 128 valence electrons. The van der Waals surface area contributed by atoms with Crippen LogP contribution in [0.3, 0.4) is 0 Å². The van der Waals surface area contributed by atoms with Crippen LogP contribution in [0.4, 0.5) is 0 Å². The summed E-state index contributed by atoms with van der Waals surface area (Å²) in [6.45, 7) is 2.79. The number of hydrogen-bond acceptors (Lipinski definition) is 3. The van der Waals surface area contributed by atoms with Crippen LogP contribution in [-0.2, 0) is 4.79 Å². The Bertz CT molecular complexity index is 691. The van der Waals surface area contributed by atoms with Crippen molar-refractivity contribution < 1.29 is 9.53 Å². The highest BCUT2D eigenvalue weighted by Crippen LogP contribution is 2.40. The van der Waals surface area contributed by atoms with E-state index in [1.54, 1.807) is 0 Å². The minimum Gasteiger partial charge on any atom is -0.492 e. The van der Waals surface area contributed by atoms with Crippen molar-refractivity contribution in [3.05, 3.63) is 54.1 Å². The molecule has 3 N–H and O–H groups in total. The van der Waals surface area contributed by atoms with E-state index in [9.17, 15) is 4.79 Å². The monoisotopic (exact) mass is 346 g/mol. The van der Waals surface area contributed by atoms with Crippen LogP contribution in [0, 0.1) is 5.92 Å². The Hall–Kier alpha value is -2.04. The Morgan fingerprint density at radius 2 is 2.00 bits per heavy atom. The highest BCUT2D eigenvalue weighted by atomic mass is 35.5. The van der Waals surface area contributed by atoms with Gasteiger partial charge in [0.2, 0.25) is 5.91 Å². The van der Waals surface area contributed by atoms with E-state index >= 15 is 0 Å². The Kier molecular flexibility index (Phi) is 6.23. The molecule has 0 fully saturated rings. The number of fused-ring (bicyclic) bond motifs is 1. The zero-order valence-electron chi connectivity index (χ0n) is 13.7. The summed E-state index contributed by atoms with van der Waals surface area (Å²) in [5, 5.41) is 3.11. The molecule has 2 aromatic carbocycles. The summed E-state index contributed by atoms with van der Waals surface area (Å²) in [5.41, 5.74) is 8.81. The second-order valence-electron chi connectivity index (χ2n) is 5.93. The maximum atomic E-state index is 12.2. The number of halogens is 1. The fourth-order valence-corrected chi connectivity index (χ4v) is 2.84. The van der Waals surface area contributed by atoms with Crippen LogP contribution in [0.1, 0.15) is 24.9 Å². The number of benzene rings is 2. The molecular formula is C19H23ClN2O2. The molecule has 1 aliphatic rings. The first-order valence-electron chi connectivity index (χ1n) is 8.02. The van der Waals surface area contributed by atoms with Crippen LogP contribution in [0.25, 0.3) is 11.1 Å². The lowest BCUT2D eigenvalue weighted by Gasteiger charge is -2.29. The van der Waals surface area contributed by atoms with Crippen molar-refractivity contribution in [2.24, 2.45) is 11.7 Å². The molecule has 1 heterocycles. The van der Waals surface area contributed by atoms with Gasteiger partial charge in [0.15, 0.2) is 0 Å². The number of nitrogens with one attached hydrogen (secondary N) is 1. The Morgan fingerprint density at radius 3 is 2.71 bits per heavy atom. The first-order chi connectivity index (χ1) is 11.2. The van der Waals surface area contributed by atoms with E-state index in [1.807, 2.05) is 37.3 Å². The minimum atomic E-state index is -0.182. The van der Waals surface area contributed by atoms with Gasteiger partial charge in [0.25, 0.3) is 0 Å². The van der Waals surface area contributed by atoms with E-state index in [2.05, 4.69) is 23.5 Å². The second kappa shape index (κ2) is 8.18. The van der Waals surface area contributed by atoms with E-state index in [-0.39, 0.29) is 30.3 Å². The molecule has 1 amide bonds. The summed E-state index contributed by atoms with van der Waals surface area (Å²) < 4.78 is 5.93. The summed E-state index contributed by atoms with van der Waals surface area (Å²) in [6, 6.07) is 16.2. The standard InChI is InChI=1S/C19H22N2O2.ClH/c1-13(12-20)19(22)21-17-10-11-23-18-15(8-5-9-16(17)18)14-6-3-2-4-7-14;/h2-9,13,17H,10-12,20H2,1H3,(H,21,22);1H. The third-order valence-corrected chi connectivity index (χ3v) is 4.28. The molecule has 2 atom stereocenters. The van der Waals surface area contributed by atoms with Gasteiger partial charge < -0.3 is 15.8 Å². The number of amides is 1. The highest BCUT2D eigenvalue weighted by Gasteiger charge is 2.26. The van der Waals surface area contributed by atoms with Crippen molar-refractivity contribution in [3.8, 4) is 16.9 Å². The molecule has 2 unspecified atom stereocenters. The van der Waals surface area contributed by atoms with Crippen molar-refractivity contribution in [1.29, 1.82) is 0 Å². The van der Waals surface area contributed by atoms with Gasteiger partial charge in [-0.05, 0) is 5.56 Å². The number of ether oxygens (including phenoxy) is 1. The maximum absolute atomic E-state index is 12.2. The lowest BCUT2D eigenvalue weighted by molar-refractivity contribution is -0.125. The molecule has 2 aromatic rings. The zero-order valence-corrected chi connectivity index (χ0v) is 14.5. The number of carbonyl (C=O) groups excluding carboxylic acids is 1. The number of nitrogens with two attached hydrogens (primary N) is 1. The summed E-state index contributed by atoms with van der Waals surface area (Å²) in [7, 11) is 0. The highest BCUT2D eigenvalue weighted by molar-refractivity contribution is 5.85. The first kappa shape index (κ1) is 18.3. The van der Waals surface area contributed by atoms with Crippen molar-refractivity contribution in [3.63, 3.8) is 0 Å². The van der Waals surface area contributed by atoms with Gasteiger partial charge in [-0.1, -0.05) is 55.5 Å². The Morgan fingerprint density at radius 1 is 1.25 bits per heavy atom. The molecule has 24 heavy (non-hydrogen) atoms. The van der Waals surface area contributed by atoms with Gasteiger partial charge >= 0.3 is 0 Å². The predicted octanol–water partition coefficient (Wildman–Crippen LogP) is 3.31. The second-order valence-corrected chi connectivity index (χ2v) is 5.93. The Labute approximate surface area is 148 Å². The number of hydrogen-bond donors (Lipinski definition) is 2. The van der Waals surface area contributed by atoms with Gasteiger partial charge in [0, 0.05) is 30.0 Å². The molecule has 0 aliphatic carbocycles. The quantitative estimate of drug-likeness (QED) is 0.892. The third kappa shape index (κ3) is 3.71. The van der Waals surface area contributed by atoms with E-state index in [4.69, 9.17) is 10.5 Å². The summed E-state index contributed by atoms with van der Waals surface area (Å²) in [4.78, 5) is 12.2. The van der Waals surface area contributed by atoms with Crippen LogP contribution < -0.4 is 15.8 Å². The average Bonchev–Trinajstić information content (AvgIpc) is 2.61. The van der Waals surface area contributed by atoms with Crippen LogP contribution in [0.15, 0.2) is 48.5 Å². The van der Waals surface area contributed by atoms with Gasteiger partial charge in [-0.3, -0.25) is 4.79 Å². The summed E-state index contributed by atoms with van der Waals surface area (Å²) in [5.74, 6) is 0.685. The molecule has 0 aromatic heterocycles. The number of rotatable bonds is 4. The lowest BCUT2D eigenvalue weighted by atomic mass is 9.94. The van der Waals surface area contributed by atoms with Gasteiger partial charge in [0.05, 0.1) is 12.6 Å². The molecule has 0 spiro atoms. The topological polar surface area (TPSA) is 64.4 Å². The average molecular weight is 347 g/mol. The number of carbonyl (C=O) groups is 1.